The molecule has 0 saturated heterocycles. The van der Waals surface area contributed by atoms with Crippen LogP contribution in [0.25, 0.3) is 0 Å². The Hall–Kier alpha value is -2.12. The Morgan fingerprint density at radius 1 is 1.81 bits per heavy atom. The zero-order valence-electron chi connectivity index (χ0n) is 8.84. The number of oxime groups is 1. The van der Waals surface area contributed by atoms with Gasteiger partial charge in [-0.15, -0.1) is 0 Å². The van der Waals surface area contributed by atoms with Crippen molar-refractivity contribution in [3.63, 3.8) is 0 Å². The zero-order valence-corrected chi connectivity index (χ0v) is 8.84. The van der Waals surface area contributed by atoms with Gasteiger partial charge in [-0.1, -0.05) is 5.16 Å². The molecule has 0 bridgehead atoms. The lowest BCUT2D eigenvalue weighted by Gasteiger charge is -2.09. The third-order valence-corrected chi connectivity index (χ3v) is 2.08. The van der Waals surface area contributed by atoms with E-state index in [1.807, 2.05) is 0 Å². The van der Waals surface area contributed by atoms with Crippen LogP contribution in [-0.4, -0.2) is 38.7 Å². The van der Waals surface area contributed by atoms with Crippen LogP contribution in [0, 0.1) is 5.92 Å². The van der Waals surface area contributed by atoms with Crippen molar-refractivity contribution in [2.75, 3.05) is 6.54 Å². The minimum atomic E-state index is -0.653. The number of amidine groups is 1. The molecule has 1 aromatic heterocycles. The van der Waals surface area contributed by atoms with Gasteiger partial charge in [0, 0.05) is 13.0 Å². The monoisotopic (exact) mass is 226 g/mol. The first-order valence-corrected chi connectivity index (χ1v) is 4.74. The second-order valence-electron chi connectivity index (χ2n) is 3.22. The molecule has 1 rings (SSSR count). The molecule has 0 spiro atoms. The number of amides is 1. The number of hydrogen-bond donors (Lipinski definition) is 4. The fourth-order valence-corrected chi connectivity index (χ4v) is 1.03. The summed E-state index contributed by atoms with van der Waals surface area (Å²) in [5.41, 5.74) is 5.29. The maximum Gasteiger partial charge on any atom is 0.230 e. The summed E-state index contributed by atoms with van der Waals surface area (Å²) < 4.78 is 0. The maximum atomic E-state index is 11.4. The number of aromatic nitrogens is 3. The van der Waals surface area contributed by atoms with Crippen molar-refractivity contribution in [3.8, 4) is 0 Å². The molecule has 8 nitrogen and oxygen atoms in total. The highest BCUT2D eigenvalue weighted by molar-refractivity contribution is 6.01. The molecule has 1 unspecified atom stereocenters. The highest BCUT2D eigenvalue weighted by Gasteiger charge is 2.16. The van der Waals surface area contributed by atoms with Gasteiger partial charge in [0.1, 0.15) is 12.2 Å². The van der Waals surface area contributed by atoms with E-state index in [2.05, 4.69) is 25.7 Å². The lowest BCUT2D eigenvalue weighted by molar-refractivity contribution is -0.122. The first-order valence-electron chi connectivity index (χ1n) is 4.74. The van der Waals surface area contributed by atoms with Crippen LogP contribution in [0.1, 0.15) is 12.7 Å². The molecule has 0 saturated carbocycles. The molecule has 1 amide bonds. The molecule has 16 heavy (non-hydrogen) atoms. The van der Waals surface area contributed by atoms with Crippen molar-refractivity contribution in [2.24, 2.45) is 16.8 Å². The molecule has 88 valence electrons. The van der Waals surface area contributed by atoms with Crippen molar-refractivity contribution in [1.29, 1.82) is 0 Å². The SMILES string of the molecule is CC(C(=O)NCCc1ncn[nH]1)C(N)=NO. The Labute approximate surface area is 91.9 Å². The molecule has 0 aromatic carbocycles. The van der Waals surface area contributed by atoms with E-state index in [1.54, 1.807) is 6.92 Å². The van der Waals surface area contributed by atoms with Crippen molar-refractivity contribution >= 4 is 11.7 Å². The van der Waals surface area contributed by atoms with E-state index < -0.39 is 5.92 Å². The summed E-state index contributed by atoms with van der Waals surface area (Å²) in [5.74, 6) is -0.372. The van der Waals surface area contributed by atoms with E-state index in [9.17, 15) is 4.79 Å². The number of rotatable bonds is 5. The van der Waals surface area contributed by atoms with Crippen molar-refractivity contribution in [3.05, 3.63) is 12.2 Å². The average Bonchev–Trinajstić information content (AvgIpc) is 2.79. The molecule has 8 heteroatoms. The van der Waals surface area contributed by atoms with Gasteiger partial charge in [0.25, 0.3) is 0 Å². The van der Waals surface area contributed by atoms with Crippen LogP contribution >= 0.6 is 0 Å². The summed E-state index contributed by atoms with van der Waals surface area (Å²) in [6.07, 6.45) is 1.95. The van der Waals surface area contributed by atoms with Crippen LogP contribution in [0.4, 0.5) is 0 Å². The van der Waals surface area contributed by atoms with Gasteiger partial charge in [-0.3, -0.25) is 9.89 Å². The summed E-state index contributed by atoms with van der Waals surface area (Å²) in [6, 6.07) is 0. The zero-order chi connectivity index (χ0) is 12.0. The van der Waals surface area contributed by atoms with Crippen LogP contribution in [0.5, 0.6) is 0 Å². The van der Waals surface area contributed by atoms with Gasteiger partial charge >= 0.3 is 0 Å². The molecule has 0 radical (unpaired) electrons. The molecule has 1 atom stereocenters. The van der Waals surface area contributed by atoms with Crippen molar-refractivity contribution in [2.45, 2.75) is 13.3 Å². The number of nitrogens with zero attached hydrogens (tertiary/aromatic N) is 3. The van der Waals surface area contributed by atoms with Gasteiger partial charge < -0.3 is 16.3 Å². The van der Waals surface area contributed by atoms with Gasteiger partial charge in [-0.25, -0.2) is 4.98 Å². The molecule has 1 heterocycles. The second-order valence-corrected chi connectivity index (χ2v) is 3.22. The number of H-pyrrole nitrogens is 1. The number of carbonyl (C=O) groups excluding carboxylic acids is 1. The van der Waals surface area contributed by atoms with Crippen LogP contribution in [0.3, 0.4) is 0 Å². The predicted octanol–water partition coefficient (Wildman–Crippen LogP) is -1.15. The van der Waals surface area contributed by atoms with E-state index in [0.717, 1.165) is 0 Å². The van der Waals surface area contributed by atoms with E-state index in [-0.39, 0.29) is 11.7 Å². The highest BCUT2D eigenvalue weighted by Crippen LogP contribution is 1.94. The molecule has 0 fully saturated rings. The van der Waals surface area contributed by atoms with E-state index in [4.69, 9.17) is 10.9 Å². The minimum Gasteiger partial charge on any atom is -0.409 e. The van der Waals surface area contributed by atoms with Gasteiger partial charge in [0.05, 0.1) is 5.92 Å². The smallest absolute Gasteiger partial charge is 0.230 e. The van der Waals surface area contributed by atoms with E-state index >= 15 is 0 Å². The molecule has 5 N–H and O–H groups in total. The third-order valence-electron chi connectivity index (χ3n) is 2.08. The number of hydrogen-bond acceptors (Lipinski definition) is 5. The first-order chi connectivity index (χ1) is 7.65. The summed E-state index contributed by atoms with van der Waals surface area (Å²) >= 11 is 0. The largest absolute Gasteiger partial charge is 0.409 e. The number of nitrogens with two attached hydrogens (primary N) is 1. The first kappa shape index (κ1) is 12.0. The molecule has 0 aliphatic carbocycles. The van der Waals surface area contributed by atoms with Gasteiger partial charge in [-0.2, -0.15) is 5.10 Å². The van der Waals surface area contributed by atoms with E-state index in [1.165, 1.54) is 6.33 Å². The Balaban J connectivity index is 2.30. The fourth-order valence-electron chi connectivity index (χ4n) is 1.03. The summed E-state index contributed by atoms with van der Waals surface area (Å²) in [7, 11) is 0. The van der Waals surface area contributed by atoms with Crippen molar-refractivity contribution < 1.29 is 10.0 Å². The summed E-state index contributed by atoms with van der Waals surface area (Å²) in [6.45, 7) is 1.97. The molecule has 0 aliphatic rings. The highest BCUT2D eigenvalue weighted by atomic mass is 16.4. The lowest BCUT2D eigenvalue weighted by atomic mass is 10.1. The maximum absolute atomic E-state index is 11.4. The normalized spacial score (nSPS) is 13.4. The number of aromatic amines is 1. The topological polar surface area (TPSA) is 129 Å². The Morgan fingerprint density at radius 2 is 2.56 bits per heavy atom. The lowest BCUT2D eigenvalue weighted by Crippen LogP contribution is -2.38. The van der Waals surface area contributed by atoms with Gasteiger partial charge in [-0.05, 0) is 6.92 Å². The standard InChI is InChI=1S/C8H14N6O2/c1-5(7(9)14-16)8(15)10-3-2-6-11-4-12-13-6/h4-5,16H,2-3H2,1H3,(H2,9,14)(H,10,15)(H,11,12,13). The number of nitrogens with one attached hydrogen (secondary N) is 2. The molecular weight excluding hydrogens is 212 g/mol. The molecular formula is C8H14N6O2. The molecule has 1 aromatic rings. The third kappa shape index (κ3) is 3.23. The Bertz CT molecular complexity index is 361. The Kier molecular flexibility index (Phi) is 4.25. The molecule has 0 aliphatic heterocycles. The van der Waals surface area contributed by atoms with Crippen LogP contribution in [-0.2, 0) is 11.2 Å². The Morgan fingerprint density at radius 3 is 3.12 bits per heavy atom. The van der Waals surface area contributed by atoms with Crippen LogP contribution < -0.4 is 11.1 Å². The summed E-state index contributed by atoms with van der Waals surface area (Å²) in [5, 5.41) is 20.1. The van der Waals surface area contributed by atoms with E-state index in [0.29, 0.717) is 18.8 Å². The second kappa shape index (κ2) is 5.69. The fraction of sp³-hybridized carbons (Fsp3) is 0.500. The van der Waals surface area contributed by atoms with Gasteiger partial charge in [0.15, 0.2) is 5.84 Å². The predicted molar refractivity (Wildman–Crippen MR) is 55.7 cm³/mol. The summed E-state index contributed by atoms with van der Waals surface area (Å²) in [4.78, 5) is 15.3. The number of carbonyl (C=O) groups is 1. The van der Waals surface area contributed by atoms with Crippen LogP contribution in [0.15, 0.2) is 11.5 Å². The van der Waals surface area contributed by atoms with Crippen LogP contribution in [0.2, 0.25) is 0 Å². The van der Waals surface area contributed by atoms with Crippen molar-refractivity contribution in [1.82, 2.24) is 20.5 Å². The van der Waals surface area contributed by atoms with Gasteiger partial charge in [0.2, 0.25) is 5.91 Å². The quantitative estimate of drug-likeness (QED) is 0.218. The minimum absolute atomic E-state index is 0.114. The average molecular weight is 226 g/mol.